The van der Waals surface area contributed by atoms with Crippen molar-refractivity contribution >= 4 is 11.8 Å². The molecule has 2 N–H and O–H groups in total. The van der Waals surface area contributed by atoms with Crippen LogP contribution in [-0.4, -0.2) is 18.5 Å². The van der Waals surface area contributed by atoms with Crippen LogP contribution in [0.1, 0.15) is 26.0 Å². The zero-order chi connectivity index (χ0) is 11.6. The molecule has 0 atom stereocenters. The monoisotopic (exact) mass is 210 g/mol. The Bertz CT molecular complexity index is 350. The lowest BCUT2D eigenvalue weighted by molar-refractivity contribution is -0.119. The fourth-order valence-corrected chi connectivity index (χ4v) is 1.23. The van der Waals surface area contributed by atoms with E-state index >= 15 is 0 Å². The van der Waals surface area contributed by atoms with Crippen molar-refractivity contribution in [2.45, 2.75) is 32.7 Å². The van der Waals surface area contributed by atoms with Gasteiger partial charge in [-0.05, 0) is 26.8 Å². The maximum atomic E-state index is 11.8. The standard InChI is InChI=1S/C11H18N2O2/c1-8-5-6-10(15-8)13(4)9(14)7-11(2,3)12/h5-6H,7,12H2,1-4H3. The molecule has 4 heteroatoms. The predicted molar refractivity (Wildman–Crippen MR) is 59.7 cm³/mol. The normalized spacial score (nSPS) is 11.5. The van der Waals surface area contributed by atoms with Crippen LogP contribution in [0.2, 0.25) is 0 Å². The molecule has 0 aliphatic rings. The molecular formula is C11H18N2O2. The SMILES string of the molecule is Cc1ccc(N(C)C(=O)CC(C)(C)N)o1. The van der Waals surface area contributed by atoms with Crippen molar-refractivity contribution in [3.63, 3.8) is 0 Å². The molecule has 1 aromatic rings. The Labute approximate surface area is 90.0 Å². The van der Waals surface area contributed by atoms with Gasteiger partial charge in [0.1, 0.15) is 5.76 Å². The number of amides is 1. The fraction of sp³-hybridized carbons (Fsp3) is 0.545. The zero-order valence-corrected chi connectivity index (χ0v) is 9.70. The summed E-state index contributed by atoms with van der Waals surface area (Å²) >= 11 is 0. The van der Waals surface area contributed by atoms with Gasteiger partial charge in [-0.1, -0.05) is 0 Å². The molecule has 0 saturated heterocycles. The molecule has 0 bridgehead atoms. The van der Waals surface area contributed by atoms with E-state index in [1.54, 1.807) is 13.1 Å². The number of rotatable bonds is 3. The summed E-state index contributed by atoms with van der Waals surface area (Å²) in [5.74, 6) is 1.30. The predicted octanol–water partition coefficient (Wildman–Crippen LogP) is 1.68. The molecule has 84 valence electrons. The number of carbonyl (C=O) groups is 1. The molecule has 15 heavy (non-hydrogen) atoms. The molecular weight excluding hydrogens is 192 g/mol. The summed E-state index contributed by atoms with van der Waals surface area (Å²) in [6.45, 7) is 5.49. The van der Waals surface area contributed by atoms with Gasteiger partial charge in [0.2, 0.25) is 11.8 Å². The largest absolute Gasteiger partial charge is 0.445 e. The summed E-state index contributed by atoms with van der Waals surface area (Å²) in [7, 11) is 1.69. The van der Waals surface area contributed by atoms with Crippen molar-refractivity contribution in [2.24, 2.45) is 5.73 Å². The number of hydrogen-bond donors (Lipinski definition) is 1. The first-order valence-electron chi connectivity index (χ1n) is 4.91. The first kappa shape index (κ1) is 11.8. The third kappa shape index (κ3) is 3.40. The fourth-order valence-electron chi connectivity index (χ4n) is 1.23. The highest BCUT2D eigenvalue weighted by atomic mass is 16.4. The quantitative estimate of drug-likeness (QED) is 0.825. The van der Waals surface area contributed by atoms with E-state index in [1.165, 1.54) is 4.90 Å². The van der Waals surface area contributed by atoms with Crippen LogP contribution in [0.3, 0.4) is 0 Å². The molecule has 0 radical (unpaired) electrons. The van der Waals surface area contributed by atoms with E-state index in [0.29, 0.717) is 12.3 Å². The number of furan rings is 1. The van der Waals surface area contributed by atoms with Crippen molar-refractivity contribution in [2.75, 3.05) is 11.9 Å². The minimum Gasteiger partial charge on any atom is -0.445 e. The van der Waals surface area contributed by atoms with Crippen LogP contribution in [0.25, 0.3) is 0 Å². The lowest BCUT2D eigenvalue weighted by Crippen LogP contribution is -2.39. The van der Waals surface area contributed by atoms with Gasteiger partial charge in [-0.2, -0.15) is 0 Å². The molecule has 4 nitrogen and oxygen atoms in total. The van der Waals surface area contributed by atoms with E-state index in [1.807, 2.05) is 26.8 Å². The Morgan fingerprint density at radius 3 is 2.53 bits per heavy atom. The average Bonchev–Trinajstić information content (AvgIpc) is 2.47. The Morgan fingerprint density at radius 1 is 1.53 bits per heavy atom. The zero-order valence-electron chi connectivity index (χ0n) is 9.70. The number of anilines is 1. The second-order valence-electron chi connectivity index (χ2n) is 4.50. The van der Waals surface area contributed by atoms with Gasteiger partial charge in [-0.3, -0.25) is 9.69 Å². The molecule has 0 aromatic carbocycles. The maximum Gasteiger partial charge on any atom is 0.230 e. The van der Waals surface area contributed by atoms with Gasteiger partial charge in [-0.15, -0.1) is 0 Å². The maximum absolute atomic E-state index is 11.8. The van der Waals surface area contributed by atoms with Crippen LogP contribution in [0.15, 0.2) is 16.5 Å². The Balaban J connectivity index is 2.69. The topological polar surface area (TPSA) is 59.5 Å². The van der Waals surface area contributed by atoms with Crippen molar-refractivity contribution in [1.82, 2.24) is 0 Å². The highest BCUT2D eigenvalue weighted by molar-refractivity contribution is 5.92. The summed E-state index contributed by atoms with van der Waals surface area (Å²) in [5, 5.41) is 0. The minimum atomic E-state index is -0.493. The van der Waals surface area contributed by atoms with E-state index in [0.717, 1.165) is 5.76 Å². The van der Waals surface area contributed by atoms with Crippen molar-refractivity contribution in [1.29, 1.82) is 0 Å². The summed E-state index contributed by atoms with van der Waals surface area (Å²) in [4.78, 5) is 13.2. The van der Waals surface area contributed by atoms with Crippen molar-refractivity contribution in [3.05, 3.63) is 17.9 Å². The molecule has 1 heterocycles. The average molecular weight is 210 g/mol. The molecule has 1 amide bonds. The number of hydrogen-bond acceptors (Lipinski definition) is 3. The van der Waals surface area contributed by atoms with Gasteiger partial charge < -0.3 is 10.2 Å². The molecule has 0 spiro atoms. The molecule has 0 fully saturated rings. The van der Waals surface area contributed by atoms with Gasteiger partial charge in [-0.25, -0.2) is 0 Å². The van der Waals surface area contributed by atoms with E-state index in [-0.39, 0.29) is 5.91 Å². The van der Waals surface area contributed by atoms with E-state index in [2.05, 4.69) is 0 Å². The van der Waals surface area contributed by atoms with Crippen LogP contribution in [0, 0.1) is 6.92 Å². The van der Waals surface area contributed by atoms with Crippen LogP contribution in [0.4, 0.5) is 5.88 Å². The smallest absolute Gasteiger partial charge is 0.230 e. The first-order chi connectivity index (χ1) is 6.79. The van der Waals surface area contributed by atoms with Crippen LogP contribution >= 0.6 is 0 Å². The summed E-state index contributed by atoms with van der Waals surface area (Å²) in [6.07, 6.45) is 0.295. The van der Waals surface area contributed by atoms with Gasteiger partial charge in [0, 0.05) is 25.1 Å². The minimum absolute atomic E-state index is 0.0446. The lowest BCUT2D eigenvalue weighted by atomic mass is 10.0. The molecule has 0 aliphatic heterocycles. The van der Waals surface area contributed by atoms with Gasteiger partial charge in [0.15, 0.2) is 0 Å². The van der Waals surface area contributed by atoms with Gasteiger partial charge in [0.25, 0.3) is 0 Å². The van der Waals surface area contributed by atoms with Crippen LogP contribution in [-0.2, 0) is 4.79 Å². The summed E-state index contributed by atoms with van der Waals surface area (Å²) in [6, 6.07) is 3.60. The lowest BCUT2D eigenvalue weighted by Gasteiger charge is -2.21. The highest BCUT2D eigenvalue weighted by Gasteiger charge is 2.21. The highest BCUT2D eigenvalue weighted by Crippen LogP contribution is 2.18. The number of aryl methyl sites for hydroxylation is 1. The second kappa shape index (κ2) is 4.06. The van der Waals surface area contributed by atoms with E-state index in [9.17, 15) is 4.79 Å². The van der Waals surface area contributed by atoms with Crippen LogP contribution in [0.5, 0.6) is 0 Å². The molecule has 0 saturated carbocycles. The Kier molecular flexibility index (Phi) is 3.19. The number of carbonyl (C=O) groups excluding carboxylic acids is 1. The Hall–Kier alpha value is -1.29. The molecule has 0 aliphatic carbocycles. The van der Waals surface area contributed by atoms with Gasteiger partial charge in [0.05, 0.1) is 0 Å². The molecule has 1 rings (SSSR count). The third-order valence-corrected chi connectivity index (χ3v) is 2.04. The van der Waals surface area contributed by atoms with Crippen LogP contribution < -0.4 is 10.6 Å². The van der Waals surface area contributed by atoms with Crippen molar-refractivity contribution in [3.8, 4) is 0 Å². The molecule has 1 aromatic heterocycles. The van der Waals surface area contributed by atoms with E-state index in [4.69, 9.17) is 10.2 Å². The van der Waals surface area contributed by atoms with Gasteiger partial charge >= 0.3 is 0 Å². The Morgan fingerprint density at radius 2 is 2.13 bits per heavy atom. The second-order valence-corrected chi connectivity index (χ2v) is 4.50. The summed E-state index contributed by atoms with van der Waals surface area (Å²) in [5.41, 5.74) is 5.29. The number of nitrogens with zero attached hydrogens (tertiary/aromatic N) is 1. The summed E-state index contributed by atoms with van der Waals surface area (Å²) < 4.78 is 5.35. The first-order valence-corrected chi connectivity index (χ1v) is 4.91. The molecule has 0 unspecified atom stereocenters. The van der Waals surface area contributed by atoms with Crippen molar-refractivity contribution < 1.29 is 9.21 Å². The van der Waals surface area contributed by atoms with E-state index < -0.39 is 5.54 Å². The number of nitrogens with two attached hydrogens (primary N) is 1. The third-order valence-electron chi connectivity index (χ3n) is 2.04.